The number of aliphatic hydroxyl groups excluding tert-OH is 1. The summed E-state index contributed by atoms with van der Waals surface area (Å²) >= 11 is 0. The number of aliphatic hydroxyl groups is 1. The molecule has 1 aliphatic carbocycles. The molecule has 3 aliphatic heterocycles. The molecule has 0 saturated carbocycles. The fourth-order valence-electron chi connectivity index (χ4n) is 7.98. The number of carbonyl (C=O) groups excluding carboxylic acids is 1. The Morgan fingerprint density at radius 2 is 1.90 bits per heavy atom. The highest BCUT2D eigenvalue weighted by Crippen LogP contribution is 2.62. The number of hydrogen-bond donors (Lipinski definition) is 2. The highest BCUT2D eigenvalue weighted by molar-refractivity contribution is 5.93. The van der Waals surface area contributed by atoms with Crippen molar-refractivity contribution >= 4 is 11.7 Å². The molecule has 39 heavy (non-hydrogen) atoms. The fourth-order valence-corrected chi connectivity index (χ4v) is 7.98. The second-order valence-electron chi connectivity index (χ2n) is 12.1. The van der Waals surface area contributed by atoms with Gasteiger partial charge in [-0.15, -0.1) is 0 Å². The third kappa shape index (κ3) is 4.13. The first-order chi connectivity index (χ1) is 18.8. The Morgan fingerprint density at radius 3 is 2.56 bits per heavy atom. The van der Waals surface area contributed by atoms with Gasteiger partial charge in [0.15, 0.2) is 5.79 Å². The van der Waals surface area contributed by atoms with Crippen LogP contribution in [0.3, 0.4) is 0 Å². The molecule has 0 unspecified atom stereocenters. The molecule has 7 nitrogen and oxygen atoms in total. The highest BCUT2D eigenvalue weighted by atomic mass is 16.8. The number of methoxy groups -OCH3 is 1. The van der Waals surface area contributed by atoms with E-state index >= 15 is 0 Å². The minimum absolute atomic E-state index is 0.0464. The zero-order valence-corrected chi connectivity index (χ0v) is 23.4. The summed E-state index contributed by atoms with van der Waals surface area (Å²) in [6.07, 6.45) is 2.33. The molecule has 208 valence electrons. The Hall–Kier alpha value is -2.71. The molecule has 2 aromatic carbocycles. The van der Waals surface area contributed by atoms with E-state index in [4.69, 9.17) is 14.2 Å². The smallest absolute Gasteiger partial charge is 0.335 e. The number of esters is 1. The lowest BCUT2D eigenvalue weighted by atomic mass is 9.58. The predicted octanol–water partition coefficient (Wildman–Crippen LogP) is 4.61. The van der Waals surface area contributed by atoms with Crippen LogP contribution in [0.4, 0.5) is 5.69 Å². The van der Waals surface area contributed by atoms with Gasteiger partial charge in [-0.2, -0.15) is 0 Å². The summed E-state index contributed by atoms with van der Waals surface area (Å²) in [5.41, 5.74) is 4.07. The molecule has 3 heterocycles. The first kappa shape index (κ1) is 26.5. The zero-order chi connectivity index (χ0) is 27.4. The van der Waals surface area contributed by atoms with Gasteiger partial charge in [0.25, 0.3) is 0 Å². The van der Waals surface area contributed by atoms with Crippen molar-refractivity contribution < 1.29 is 24.1 Å². The molecular weight excluding hydrogens is 492 g/mol. The monoisotopic (exact) mass is 532 g/mol. The van der Waals surface area contributed by atoms with Crippen molar-refractivity contribution in [3.8, 4) is 0 Å². The molecular formula is C32H40N2O5. The minimum Gasteiger partial charge on any atom is -0.466 e. The first-order valence-electron chi connectivity index (χ1n) is 14.2. The van der Waals surface area contributed by atoms with Gasteiger partial charge in [0, 0.05) is 36.4 Å². The van der Waals surface area contributed by atoms with Crippen LogP contribution in [0.15, 0.2) is 65.9 Å². The summed E-state index contributed by atoms with van der Waals surface area (Å²) in [7, 11) is 1.43. The molecule has 2 saturated heterocycles. The van der Waals surface area contributed by atoms with Crippen molar-refractivity contribution in [1.82, 2.24) is 4.90 Å². The normalized spacial score (nSPS) is 32.9. The van der Waals surface area contributed by atoms with Gasteiger partial charge in [-0.25, -0.2) is 4.79 Å². The Bertz CT molecular complexity index is 1280. The number of likely N-dealkylation sites (tertiary alicyclic amines) is 1. The molecule has 7 heteroatoms. The van der Waals surface area contributed by atoms with Crippen LogP contribution in [0.2, 0.25) is 0 Å². The standard InChI is InChI=1S/C32H40N2O5/c1-5-31(20-38-30(2,3)39-31)17-22-23(19-35)26(29(36)37-4)27-32(24-13-9-10-14-25(24)33-27)15-16-34(28(22)32)18-21-11-7-6-8-12-21/h6-14,22-23,28,33,35H,5,15-20H2,1-4H3/t22-,23-,28+,31+,32+/m0/s1. The molecule has 2 aromatic rings. The van der Waals surface area contributed by atoms with E-state index in [0.717, 1.165) is 37.3 Å². The molecule has 5 atom stereocenters. The second-order valence-corrected chi connectivity index (χ2v) is 12.1. The van der Waals surface area contributed by atoms with E-state index in [1.54, 1.807) is 0 Å². The summed E-state index contributed by atoms with van der Waals surface area (Å²) in [5, 5.41) is 14.6. The van der Waals surface area contributed by atoms with Gasteiger partial charge in [0.1, 0.15) is 0 Å². The first-order valence-corrected chi connectivity index (χ1v) is 14.2. The number of nitrogens with one attached hydrogen (secondary N) is 1. The van der Waals surface area contributed by atoms with Gasteiger partial charge >= 0.3 is 5.97 Å². The topological polar surface area (TPSA) is 80.3 Å². The number of ether oxygens (including phenoxy) is 3. The summed E-state index contributed by atoms with van der Waals surface area (Å²) in [6.45, 7) is 8.08. The predicted molar refractivity (Wildman–Crippen MR) is 149 cm³/mol. The van der Waals surface area contributed by atoms with Crippen molar-refractivity contribution in [3.05, 3.63) is 77.0 Å². The number of para-hydroxylation sites is 1. The van der Waals surface area contributed by atoms with E-state index in [2.05, 4.69) is 59.6 Å². The van der Waals surface area contributed by atoms with Gasteiger partial charge in [0.05, 0.1) is 36.9 Å². The number of anilines is 1. The van der Waals surface area contributed by atoms with Gasteiger partial charge in [0.2, 0.25) is 0 Å². The van der Waals surface area contributed by atoms with Crippen LogP contribution in [0, 0.1) is 11.8 Å². The molecule has 1 spiro atoms. The van der Waals surface area contributed by atoms with Crippen LogP contribution in [0.25, 0.3) is 0 Å². The quantitative estimate of drug-likeness (QED) is 0.504. The van der Waals surface area contributed by atoms with Crippen molar-refractivity contribution in [2.75, 3.05) is 32.2 Å². The van der Waals surface area contributed by atoms with Gasteiger partial charge in [-0.1, -0.05) is 55.5 Å². The van der Waals surface area contributed by atoms with E-state index in [1.807, 2.05) is 26.0 Å². The maximum Gasteiger partial charge on any atom is 0.335 e. The van der Waals surface area contributed by atoms with E-state index in [-0.39, 0.29) is 24.5 Å². The molecule has 2 N–H and O–H groups in total. The Balaban J connectivity index is 1.54. The fraction of sp³-hybridized carbons (Fsp3) is 0.531. The van der Waals surface area contributed by atoms with E-state index in [1.165, 1.54) is 18.2 Å². The molecule has 0 radical (unpaired) electrons. The third-order valence-corrected chi connectivity index (χ3v) is 9.60. The van der Waals surface area contributed by atoms with Gasteiger partial charge < -0.3 is 24.6 Å². The Labute approximate surface area is 231 Å². The van der Waals surface area contributed by atoms with E-state index in [9.17, 15) is 9.90 Å². The maximum atomic E-state index is 13.5. The van der Waals surface area contributed by atoms with Gasteiger partial charge in [-0.3, -0.25) is 4.90 Å². The number of carbonyl (C=O) groups is 1. The van der Waals surface area contributed by atoms with Gasteiger partial charge in [-0.05, 0) is 56.2 Å². The molecule has 4 aliphatic rings. The summed E-state index contributed by atoms with van der Waals surface area (Å²) in [6, 6.07) is 19.0. The average Bonchev–Trinajstić information content (AvgIpc) is 3.59. The van der Waals surface area contributed by atoms with Crippen molar-refractivity contribution in [3.63, 3.8) is 0 Å². The Kier molecular flexibility index (Phi) is 6.62. The SMILES string of the molecule is CC[C@@]1(C[C@H]2[C@H](CO)C(C(=O)OC)=C3Nc4ccccc4[C@]34CCN(Cc3ccccc3)[C@H]24)COC(C)(C)O1. The number of benzene rings is 2. The number of nitrogens with zero attached hydrogens (tertiary/aromatic N) is 1. The lowest BCUT2D eigenvalue weighted by Gasteiger charge is -2.50. The molecule has 0 amide bonds. The molecule has 0 bridgehead atoms. The number of rotatable bonds is 7. The Morgan fingerprint density at radius 1 is 1.15 bits per heavy atom. The maximum absolute atomic E-state index is 13.5. The zero-order valence-electron chi connectivity index (χ0n) is 23.4. The van der Waals surface area contributed by atoms with Crippen LogP contribution < -0.4 is 5.32 Å². The summed E-state index contributed by atoms with van der Waals surface area (Å²) in [4.78, 5) is 16.1. The average molecular weight is 533 g/mol. The van der Waals surface area contributed by atoms with E-state index < -0.39 is 22.7 Å². The molecule has 2 fully saturated rings. The number of fused-ring (bicyclic) bond motifs is 1. The summed E-state index contributed by atoms with van der Waals surface area (Å²) < 4.78 is 18.1. The third-order valence-electron chi connectivity index (χ3n) is 9.60. The number of hydrogen-bond acceptors (Lipinski definition) is 7. The summed E-state index contributed by atoms with van der Waals surface area (Å²) in [5.74, 6) is -1.52. The van der Waals surface area contributed by atoms with Crippen LogP contribution in [0.5, 0.6) is 0 Å². The molecule has 6 rings (SSSR count). The largest absolute Gasteiger partial charge is 0.466 e. The van der Waals surface area contributed by atoms with Crippen LogP contribution in [-0.2, 0) is 31.0 Å². The second kappa shape index (κ2) is 9.73. The van der Waals surface area contributed by atoms with Crippen LogP contribution >= 0.6 is 0 Å². The lowest BCUT2D eigenvalue weighted by molar-refractivity contribution is -0.169. The lowest BCUT2D eigenvalue weighted by Crippen LogP contribution is -2.57. The van der Waals surface area contributed by atoms with Crippen molar-refractivity contribution in [2.45, 2.75) is 69.4 Å². The van der Waals surface area contributed by atoms with E-state index in [0.29, 0.717) is 18.6 Å². The minimum atomic E-state index is -0.676. The van der Waals surface area contributed by atoms with Crippen molar-refractivity contribution in [1.29, 1.82) is 0 Å². The van der Waals surface area contributed by atoms with Crippen LogP contribution in [0.1, 0.15) is 51.2 Å². The van der Waals surface area contributed by atoms with Crippen molar-refractivity contribution in [2.24, 2.45) is 11.8 Å². The van der Waals surface area contributed by atoms with Crippen LogP contribution in [-0.4, -0.2) is 60.3 Å². The molecule has 0 aromatic heterocycles. The highest BCUT2D eigenvalue weighted by Gasteiger charge is 2.64.